The van der Waals surface area contributed by atoms with Crippen molar-refractivity contribution in [3.63, 3.8) is 0 Å². The molecule has 0 saturated carbocycles. The fourth-order valence-electron chi connectivity index (χ4n) is 2.05. The number of imidazole rings is 1. The lowest BCUT2D eigenvalue weighted by Gasteiger charge is -2.11. The van der Waals surface area contributed by atoms with Crippen LogP contribution in [-0.2, 0) is 19.5 Å². The molecule has 0 aromatic carbocycles. The smallest absolute Gasteiger partial charge is 0.358 e. The topological polar surface area (TPSA) is 105 Å². The Balaban J connectivity index is 1.93. The molecule has 0 spiro atoms. The van der Waals surface area contributed by atoms with Crippen molar-refractivity contribution in [1.82, 2.24) is 29.8 Å². The van der Waals surface area contributed by atoms with E-state index >= 15 is 0 Å². The van der Waals surface area contributed by atoms with Gasteiger partial charge in [0.25, 0.3) is 0 Å². The highest BCUT2D eigenvalue weighted by molar-refractivity contribution is 6.28. The first-order valence-corrected chi connectivity index (χ1v) is 7.01. The zero-order valence-corrected chi connectivity index (χ0v) is 12.6. The fourth-order valence-corrected chi connectivity index (χ4v) is 2.25. The molecule has 0 aliphatic carbocycles. The summed E-state index contributed by atoms with van der Waals surface area (Å²) in [5.41, 5.74) is 0. The molecule has 1 unspecified atom stereocenters. The summed E-state index contributed by atoms with van der Waals surface area (Å²) in [6.45, 7) is 5.32. The first-order valence-electron chi connectivity index (χ1n) is 6.63. The Morgan fingerprint density at radius 2 is 2.29 bits per heavy atom. The number of hydrogen-bond donors (Lipinski definition) is 0. The Labute approximate surface area is 126 Å². The van der Waals surface area contributed by atoms with Crippen molar-refractivity contribution in [3.8, 4) is 0 Å². The van der Waals surface area contributed by atoms with E-state index in [0.29, 0.717) is 6.54 Å². The molecule has 0 fully saturated rings. The first-order chi connectivity index (χ1) is 10.0. The van der Waals surface area contributed by atoms with Gasteiger partial charge in [-0.2, -0.15) is 0 Å². The number of rotatable bonds is 7. The number of nitro groups is 1. The summed E-state index contributed by atoms with van der Waals surface area (Å²) in [6, 6.07) is 0. The van der Waals surface area contributed by atoms with Crippen molar-refractivity contribution in [2.24, 2.45) is 5.92 Å². The maximum atomic E-state index is 10.7. The van der Waals surface area contributed by atoms with Gasteiger partial charge in [0.1, 0.15) is 6.20 Å². The molecular formula is C11H16ClN7O2. The van der Waals surface area contributed by atoms with Crippen molar-refractivity contribution in [2.75, 3.05) is 0 Å². The maximum absolute atomic E-state index is 10.7. The molecule has 1 atom stereocenters. The molecule has 2 rings (SSSR count). The zero-order chi connectivity index (χ0) is 15.4. The Kier molecular flexibility index (Phi) is 4.84. The molecule has 2 heterocycles. The van der Waals surface area contributed by atoms with Crippen LogP contribution in [-0.4, -0.2) is 34.7 Å². The van der Waals surface area contributed by atoms with Crippen LogP contribution in [0.25, 0.3) is 0 Å². The molecule has 10 heteroatoms. The van der Waals surface area contributed by atoms with Crippen LogP contribution in [0.5, 0.6) is 0 Å². The Morgan fingerprint density at radius 1 is 1.52 bits per heavy atom. The maximum Gasteiger partial charge on any atom is 0.383 e. The van der Waals surface area contributed by atoms with E-state index in [-0.39, 0.29) is 17.0 Å². The lowest BCUT2D eigenvalue weighted by atomic mass is 10.1. The lowest BCUT2D eigenvalue weighted by molar-refractivity contribution is -0.389. The van der Waals surface area contributed by atoms with Crippen LogP contribution < -0.4 is 0 Å². The predicted octanol–water partition coefficient (Wildman–Crippen LogP) is 1.72. The van der Waals surface area contributed by atoms with Gasteiger partial charge in [-0.1, -0.05) is 6.92 Å². The van der Waals surface area contributed by atoms with Crippen LogP contribution in [0.15, 0.2) is 6.20 Å². The van der Waals surface area contributed by atoms with Crippen molar-refractivity contribution >= 4 is 17.4 Å². The number of nitrogens with zero attached hydrogens (tertiary/aromatic N) is 7. The summed E-state index contributed by atoms with van der Waals surface area (Å²) in [5, 5.41) is 22.3. The van der Waals surface area contributed by atoms with Gasteiger partial charge >= 0.3 is 11.1 Å². The third kappa shape index (κ3) is 3.75. The average molecular weight is 314 g/mol. The number of halogens is 1. The normalized spacial score (nSPS) is 12.5. The highest BCUT2D eigenvalue weighted by atomic mass is 35.5. The van der Waals surface area contributed by atoms with Crippen LogP contribution in [0.3, 0.4) is 0 Å². The van der Waals surface area contributed by atoms with Gasteiger partial charge in [-0.3, -0.25) is 4.57 Å². The van der Waals surface area contributed by atoms with E-state index in [2.05, 4.69) is 20.5 Å². The Hall–Kier alpha value is -2.03. The van der Waals surface area contributed by atoms with Gasteiger partial charge in [0.15, 0.2) is 5.82 Å². The van der Waals surface area contributed by atoms with Crippen molar-refractivity contribution < 1.29 is 4.92 Å². The predicted molar refractivity (Wildman–Crippen MR) is 74.9 cm³/mol. The van der Waals surface area contributed by atoms with E-state index in [0.717, 1.165) is 25.2 Å². The summed E-state index contributed by atoms with van der Waals surface area (Å²) in [5.74, 6) is 0.868. The van der Waals surface area contributed by atoms with E-state index in [9.17, 15) is 10.1 Å². The minimum absolute atomic E-state index is 0.131. The van der Waals surface area contributed by atoms with Gasteiger partial charge in [-0.25, -0.2) is 4.68 Å². The minimum atomic E-state index is -0.553. The number of hydrogen-bond acceptors (Lipinski definition) is 6. The van der Waals surface area contributed by atoms with Gasteiger partial charge in [-0.15, -0.1) is 5.10 Å². The number of aromatic nitrogens is 6. The highest BCUT2D eigenvalue weighted by Gasteiger charge is 2.18. The molecule has 0 N–H and O–H groups in total. The molecule has 0 radical (unpaired) electrons. The third-order valence-corrected chi connectivity index (χ3v) is 3.48. The highest BCUT2D eigenvalue weighted by Crippen LogP contribution is 2.18. The number of aryl methyl sites for hydroxylation is 2. The molecule has 21 heavy (non-hydrogen) atoms. The van der Waals surface area contributed by atoms with Crippen LogP contribution in [0.1, 0.15) is 26.1 Å². The van der Waals surface area contributed by atoms with Crippen LogP contribution in [0, 0.1) is 16.0 Å². The van der Waals surface area contributed by atoms with Crippen LogP contribution >= 0.6 is 11.6 Å². The summed E-state index contributed by atoms with van der Waals surface area (Å²) >= 11 is 5.89. The van der Waals surface area contributed by atoms with Gasteiger partial charge < -0.3 is 10.1 Å². The summed E-state index contributed by atoms with van der Waals surface area (Å²) < 4.78 is 3.34. The van der Waals surface area contributed by atoms with E-state index in [4.69, 9.17) is 11.6 Å². The average Bonchev–Trinajstić information content (AvgIpc) is 3.03. The third-order valence-electron chi connectivity index (χ3n) is 3.18. The molecule has 0 amide bonds. The standard InChI is InChI=1S/C11H16ClN7O2/c1-3-18-9(14-15-16-18)5-4-8(2)6-17-7-10(19(20)21)13-11(17)12/h7-8H,3-6H2,1-2H3. The van der Waals surface area contributed by atoms with Gasteiger partial charge in [0, 0.05) is 19.5 Å². The van der Waals surface area contributed by atoms with Crippen molar-refractivity contribution in [3.05, 3.63) is 27.4 Å². The van der Waals surface area contributed by atoms with Crippen molar-refractivity contribution in [1.29, 1.82) is 0 Å². The van der Waals surface area contributed by atoms with E-state index in [1.807, 2.05) is 13.8 Å². The molecule has 0 aliphatic rings. The lowest BCUT2D eigenvalue weighted by Crippen LogP contribution is -2.10. The Bertz CT molecular complexity index is 624. The molecule has 0 aliphatic heterocycles. The van der Waals surface area contributed by atoms with E-state index in [1.54, 1.807) is 9.25 Å². The molecule has 0 saturated heterocycles. The van der Waals surface area contributed by atoms with Crippen molar-refractivity contribution in [2.45, 2.75) is 39.8 Å². The Morgan fingerprint density at radius 3 is 2.90 bits per heavy atom. The van der Waals surface area contributed by atoms with Gasteiger partial charge in [-0.05, 0) is 51.2 Å². The fraction of sp³-hybridized carbons (Fsp3) is 0.636. The molecule has 2 aromatic heterocycles. The van der Waals surface area contributed by atoms with Gasteiger partial charge in [0.05, 0.1) is 0 Å². The summed E-state index contributed by atoms with van der Waals surface area (Å²) in [7, 11) is 0. The second kappa shape index (κ2) is 6.61. The zero-order valence-electron chi connectivity index (χ0n) is 11.8. The minimum Gasteiger partial charge on any atom is -0.358 e. The quantitative estimate of drug-likeness (QED) is 0.569. The van der Waals surface area contributed by atoms with E-state index in [1.165, 1.54) is 6.20 Å². The monoisotopic (exact) mass is 313 g/mol. The van der Waals surface area contributed by atoms with Crippen LogP contribution in [0.4, 0.5) is 5.82 Å². The summed E-state index contributed by atoms with van der Waals surface area (Å²) in [6.07, 6.45) is 2.95. The number of tetrazole rings is 1. The van der Waals surface area contributed by atoms with E-state index < -0.39 is 4.92 Å². The van der Waals surface area contributed by atoms with Crippen LogP contribution in [0.2, 0.25) is 5.28 Å². The second-order valence-electron chi connectivity index (χ2n) is 4.83. The van der Waals surface area contributed by atoms with Gasteiger partial charge in [0.2, 0.25) is 0 Å². The largest absolute Gasteiger partial charge is 0.383 e. The molecule has 114 valence electrons. The molecule has 2 aromatic rings. The molecule has 9 nitrogen and oxygen atoms in total. The molecular weight excluding hydrogens is 298 g/mol. The first kappa shape index (κ1) is 15.4. The second-order valence-corrected chi connectivity index (χ2v) is 5.17. The molecule has 0 bridgehead atoms. The SMILES string of the molecule is CCn1nnnc1CCC(C)Cn1cc([N+](=O)[O-])nc1Cl. The summed E-state index contributed by atoms with van der Waals surface area (Å²) in [4.78, 5) is 13.8.